The van der Waals surface area contributed by atoms with Gasteiger partial charge in [-0.1, -0.05) is 50.6 Å². The average molecular weight is 675 g/mol. The molecule has 0 aliphatic heterocycles. The Morgan fingerprint density at radius 1 is 1.04 bits per heavy atom. The van der Waals surface area contributed by atoms with Gasteiger partial charge in [0.1, 0.15) is 6.17 Å². The highest BCUT2D eigenvalue weighted by atomic mass is 35.5. The number of nitrogens with zero attached hydrogens (tertiary/aromatic N) is 1. The lowest BCUT2D eigenvalue weighted by Gasteiger charge is -2.17. The Bertz CT molecular complexity index is 1530. The summed E-state index contributed by atoms with van der Waals surface area (Å²) in [4.78, 5) is 12.1. The van der Waals surface area contributed by atoms with Crippen LogP contribution >= 0.6 is 11.6 Å². The summed E-state index contributed by atoms with van der Waals surface area (Å²) in [6.45, 7) is 7.21. The van der Waals surface area contributed by atoms with Crippen molar-refractivity contribution < 1.29 is 35.5 Å². The fourth-order valence-electron chi connectivity index (χ4n) is 4.38. The Morgan fingerprint density at radius 2 is 1.76 bits per heavy atom. The number of urea groups is 1. The second-order valence-electron chi connectivity index (χ2n) is 10.4. The van der Waals surface area contributed by atoms with E-state index in [9.17, 15) is 35.5 Å². The average Bonchev–Trinajstić information content (AvgIpc) is 3.46. The Morgan fingerprint density at radius 3 is 2.35 bits per heavy atom. The number of H-pyrrole nitrogens is 1. The monoisotopic (exact) mass is 674 g/mol. The molecule has 2 amide bonds. The molecule has 46 heavy (non-hydrogen) atoms. The molecule has 1 aromatic heterocycles. The number of alkyl halides is 7. The van der Waals surface area contributed by atoms with Gasteiger partial charge in [0.05, 0.1) is 28.0 Å². The van der Waals surface area contributed by atoms with Crippen LogP contribution in [0.15, 0.2) is 60.8 Å². The van der Waals surface area contributed by atoms with Crippen molar-refractivity contribution in [3.63, 3.8) is 0 Å². The first-order chi connectivity index (χ1) is 21.6. The molecule has 3 aromatic rings. The second kappa shape index (κ2) is 16.0. The van der Waals surface area contributed by atoms with Crippen molar-refractivity contribution in [2.24, 2.45) is 0 Å². The molecule has 1 unspecified atom stereocenters. The quantitative estimate of drug-likeness (QED) is 0.116. The number of nitrogens with one attached hydrogen (secondary N) is 5. The summed E-state index contributed by atoms with van der Waals surface area (Å²) < 4.78 is 94.1. The van der Waals surface area contributed by atoms with Crippen LogP contribution in [0.3, 0.4) is 0 Å². The highest BCUT2D eigenvalue weighted by Gasteiger charge is 2.35. The van der Waals surface area contributed by atoms with Crippen LogP contribution < -0.4 is 21.3 Å². The van der Waals surface area contributed by atoms with Gasteiger partial charge in [-0.2, -0.15) is 31.4 Å². The van der Waals surface area contributed by atoms with Gasteiger partial charge in [-0.15, -0.1) is 0 Å². The molecule has 7 nitrogen and oxygen atoms in total. The number of amides is 2. The maximum atomic E-state index is 13.9. The van der Waals surface area contributed by atoms with E-state index in [1.165, 1.54) is 36.5 Å². The van der Waals surface area contributed by atoms with E-state index in [2.05, 4.69) is 52.2 Å². The number of allylic oxidation sites excluding steroid dienone is 4. The van der Waals surface area contributed by atoms with Crippen LogP contribution in [0.5, 0.6) is 0 Å². The number of carbonyl (C=O) groups excluding carboxylic acids is 1. The summed E-state index contributed by atoms with van der Waals surface area (Å²) in [5.41, 5.74) is -0.798. The fraction of sp³-hybridized carbons (Fsp3) is 0.355. The number of aromatic nitrogens is 2. The van der Waals surface area contributed by atoms with Gasteiger partial charge in [-0.25, -0.2) is 9.18 Å². The number of halogens is 8. The predicted octanol–water partition coefficient (Wildman–Crippen LogP) is 8.69. The maximum Gasteiger partial charge on any atom is 0.418 e. The maximum absolute atomic E-state index is 13.9. The molecule has 0 fully saturated rings. The third kappa shape index (κ3) is 10.5. The minimum atomic E-state index is -4.72. The zero-order valence-electron chi connectivity index (χ0n) is 25.1. The number of aromatic amines is 1. The van der Waals surface area contributed by atoms with Gasteiger partial charge in [0.25, 0.3) is 0 Å². The largest absolute Gasteiger partial charge is 0.418 e. The Balaban J connectivity index is 0.000000875. The Hall–Kier alpha value is -4.04. The van der Waals surface area contributed by atoms with E-state index in [-0.39, 0.29) is 36.4 Å². The molecule has 5 N–H and O–H groups in total. The molecule has 4 rings (SSSR count). The topological polar surface area (TPSA) is 93.9 Å². The van der Waals surface area contributed by atoms with Crippen molar-refractivity contribution in [1.29, 1.82) is 0 Å². The molecule has 250 valence electrons. The molecule has 1 heterocycles. The zero-order valence-corrected chi connectivity index (χ0v) is 25.9. The van der Waals surface area contributed by atoms with Crippen molar-refractivity contribution in [2.75, 3.05) is 30.3 Å². The summed E-state index contributed by atoms with van der Waals surface area (Å²) in [5.74, 6) is 0. The van der Waals surface area contributed by atoms with E-state index in [1.807, 2.05) is 0 Å². The van der Waals surface area contributed by atoms with Crippen LogP contribution in [0.25, 0.3) is 16.7 Å². The van der Waals surface area contributed by atoms with Gasteiger partial charge in [0, 0.05) is 42.5 Å². The number of hydrogen-bond donors (Lipinski definition) is 5. The fourth-order valence-corrected chi connectivity index (χ4v) is 4.61. The molecule has 0 radical (unpaired) electrons. The molecule has 15 heteroatoms. The third-order valence-electron chi connectivity index (χ3n) is 6.48. The normalized spacial score (nSPS) is 14.8. The molecule has 0 saturated carbocycles. The SMILES string of the molecule is CCNC(C)C.O=C(NCCNc1ccc(-c2cn[nH]c2C2=CCC(F)C=C2)cc1C(F)(F)F)Nc1ccc(Cl)c(C(F)(F)F)c1. The van der Waals surface area contributed by atoms with E-state index >= 15 is 0 Å². The summed E-state index contributed by atoms with van der Waals surface area (Å²) in [6.07, 6.45) is -4.51. The van der Waals surface area contributed by atoms with Crippen molar-refractivity contribution in [1.82, 2.24) is 20.8 Å². The van der Waals surface area contributed by atoms with E-state index < -0.39 is 40.7 Å². The lowest BCUT2D eigenvalue weighted by Crippen LogP contribution is -2.33. The first kappa shape index (κ1) is 36.4. The first-order valence-corrected chi connectivity index (χ1v) is 14.6. The van der Waals surface area contributed by atoms with Gasteiger partial charge in [0.2, 0.25) is 0 Å². The van der Waals surface area contributed by atoms with Crippen LogP contribution in [-0.4, -0.2) is 48.1 Å². The molecule has 0 saturated heterocycles. The smallest absolute Gasteiger partial charge is 0.383 e. The minimum Gasteiger partial charge on any atom is -0.383 e. The molecule has 0 bridgehead atoms. The number of benzene rings is 2. The first-order valence-electron chi connectivity index (χ1n) is 14.3. The number of rotatable bonds is 9. The van der Waals surface area contributed by atoms with Crippen LogP contribution in [0.1, 0.15) is 44.0 Å². The molecule has 1 aliphatic carbocycles. The number of carbonyl (C=O) groups is 1. The van der Waals surface area contributed by atoms with Crippen molar-refractivity contribution in [2.45, 2.75) is 51.8 Å². The summed E-state index contributed by atoms with van der Waals surface area (Å²) >= 11 is 5.55. The van der Waals surface area contributed by atoms with Crippen LogP contribution in [0.4, 0.5) is 46.9 Å². The molecule has 1 aliphatic rings. The number of hydrogen-bond acceptors (Lipinski definition) is 4. The summed E-state index contributed by atoms with van der Waals surface area (Å²) in [7, 11) is 0. The van der Waals surface area contributed by atoms with Gasteiger partial charge >= 0.3 is 18.4 Å². The highest BCUT2D eigenvalue weighted by Crippen LogP contribution is 2.39. The van der Waals surface area contributed by atoms with Gasteiger partial charge in [0.15, 0.2) is 0 Å². The Kier molecular flexibility index (Phi) is 12.7. The number of anilines is 2. The van der Waals surface area contributed by atoms with Crippen molar-refractivity contribution in [3.05, 3.63) is 82.7 Å². The van der Waals surface area contributed by atoms with Gasteiger partial charge in [-0.3, -0.25) is 5.10 Å². The van der Waals surface area contributed by atoms with Gasteiger partial charge < -0.3 is 21.3 Å². The van der Waals surface area contributed by atoms with Crippen LogP contribution in [0.2, 0.25) is 5.02 Å². The predicted molar refractivity (Wildman–Crippen MR) is 166 cm³/mol. The second-order valence-corrected chi connectivity index (χ2v) is 10.8. The van der Waals surface area contributed by atoms with E-state index in [0.29, 0.717) is 28.9 Å². The zero-order chi connectivity index (χ0) is 34.1. The van der Waals surface area contributed by atoms with E-state index in [0.717, 1.165) is 18.7 Å². The lowest BCUT2D eigenvalue weighted by molar-refractivity contribution is -0.138. The molecule has 1 atom stereocenters. The van der Waals surface area contributed by atoms with Crippen molar-refractivity contribution >= 4 is 34.6 Å². The van der Waals surface area contributed by atoms with Crippen LogP contribution in [0, 0.1) is 0 Å². The summed E-state index contributed by atoms with van der Waals surface area (Å²) in [5, 5.41) is 16.5. The van der Waals surface area contributed by atoms with E-state index in [1.54, 1.807) is 6.08 Å². The van der Waals surface area contributed by atoms with Crippen molar-refractivity contribution in [3.8, 4) is 11.1 Å². The van der Waals surface area contributed by atoms with Crippen LogP contribution in [-0.2, 0) is 12.4 Å². The Labute approximate surface area is 266 Å². The molecule has 0 spiro atoms. The van der Waals surface area contributed by atoms with E-state index in [4.69, 9.17) is 11.6 Å². The highest BCUT2D eigenvalue weighted by molar-refractivity contribution is 6.31. The standard InChI is InChI=1S/C26H21ClF7N5O.C5H13N/c27-21-7-6-17(12-19(21)25(29,30)31)38-24(40)36-10-9-35-22-8-3-15(11-20(22)26(32,33)34)18-13-37-39-23(18)14-1-4-16(28)5-2-14;1-4-6-5(2)3/h1-4,6-8,11-13,16,35H,5,9-10H2,(H,37,39)(H2,36,38,40);5-6H,4H2,1-3H3. The minimum absolute atomic E-state index is 0.122. The molecule has 2 aromatic carbocycles. The van der Waals surface area contributed by atoms with Gasteiger partial charge in [-0.05, 0) is 54.1 Å². The lowest BCUT2D eigenvalue weighted by atomic mass is 9.96. The molecular formula is C31H34ClF7N6O. The summed E-state index contributed by atoms with van der Waals surface area (Å²) in [6, 6.07) is 6.29. The third-order valence-corrected chi connectivity index (χ3v) is 6.81. The molecular weight excluding hydrogens is 641 g/mol.